The number of benzene rings is 1. The van der Waals surface area contributed by atoms with Gasteiger partial charge in [0.1, 0.15) is 5.75 Å². The molecule has 0 spiro atoms. The second-order valence-corrected chi connectivity index (χ2v) is 7.03. The minimum atomic E-state index is 0.0588. The molecule has 0 radical (unpaired) electrons. The molecule has 1 aliphatic heterocycles. The summed E-state index contributed by atoms with van der Waals surface area (Å²) < 4.78 is 5.72. The van der Waals surface area contributed by atoms with Gasteiger partial charge in [0.2, 0.25) is 0 Å². The number of piperazine rings is 1. The maximum atomic E-state index is 12.4. The number of rotatable bonds is 6. The van der Waals surface area contributed by atoms with E-state index in [1.54, 1.807) is 0 Å². The molecule has 1 aliphatic rings. The summed E-state index contributed by atoms with van der Waals surface area (Å²) in [6.45, 7) is 8.58. The molecule has 0 aliphatic carbocycles. The van der Waals surface area contributed by atoms with Crippen LogP contribution in [0.3, 0.4) is 0 Å². The Morgan fingerprint density at radius 1 is 1.12 bits per heavy atom. The van der Waals surface area contributed by atoms with Gasteiger partial charge in [0.05, 0.1) is 0 Å². The molecule has 0 saturated carbocycles. The predicted octanol–water partition coefficient (Wildman–Crippen LogP) is 2.93. The summed E-state index contributed by atoms with van der Waals surface area (Å²) in [5.74, 6) is 1.27. The highest BCUT2D eigenvalue weighted by atomic mass is 16.5. The molecule has 2 heterocycles. The summed E-state index contributed by atoms with van der Waals surface area (Å²) >= 11 is 0. The third-order valence-electron chi connectivity index (χ3n) is 4.77. The van der Waals surface area contributed by atoms with Crippen molar-refractivity contribution >= 4 is 5.91 Å². The van der Waals surface area contributed by atoms with Gasteiger partial charge in [-0.05, 0) is 41.3 Å². The number of hydrogen-bond acceptors (Lipinski definition) is 4. The highest BCUT2D eigenvalue weighted by Gasteiger charge is 2.21. The Bertz CT molecular complexity index is 710. The van der Waals surface area contributed by atoms with Crippen molar-refractivity contribution in [3.8, 4) is 5.75 Å². The normalized spacial score (nSPS) is 15.3. The SMILES string of the molecule is CC(C)c1cccc(OCC(=O)N2CCN(Cc3ccncc3)CC2)c1. The van der Waals surface area contributed by atoms with Crippen LogP contribution in [0.15, 0.2) is 48.8 Å². The molecule has 1 fully saturated rings. The summed E-state index contributed by atoms with van der Waals surface area (Å²) in [6, 6.07) is 12.1. The third-order valence-corrected chi connectivity index (χ3v) is 4.77. The van der Waals surface area contributed by atoms with Gasteiger partial charge < -0.3 is 9.64 Å². The first-order valence-corrected chi connectivity index (χ1v) is 9.23. The van der Waals surface area contributed by atoms with Crippen LogP contribution in [0.5, 0.6) is 5.75 Å². The number of aromatic nitrogens is 1. The van der Waals surface area contributed by atoms with Gasteiger partial charge in [-0.15, -0.1) is 0 Å². The molecule has 5 heteroatoms. The van der Waals surface area contributed by atoms with Gasteiger partial charge >= 0.3 is 0 Å². The van der Waals surface area contributed by atoms with E-state index in [0.29, 0.717) is 5.92 Å². The quantitative estimate of drug-likeness (QED) is 0.801. The minimum Gasteiger partial charge on any atom is -0.484 e. The molecule has 5 nitrogen and oxygen atoms in total. The van der Waals surface area contributed by atoms with Crippen LogP contribution in [0.1, 0.15) is 30.9 Å². The van der Waals surface area contributed by atoms with Gasteiger partial charge in [-0.25, -0.2) is 0 Å². The first kappa shape index (κ1) is 18.4. The fourth-order valence-electron chi connectivity index (χ4n) is 3.10. The lowest BCUT2D eigenvalue weighted by atomic mass is 10.0. The molecule has 0 N–H and O–H groups in total. The average molecular weight is 353 g/mol. The van der Waals surface area contributed by atoms with Crippen molar-refractivity contribution in [3.05, 3.63) is 59.9 Å². The van der Waals surface area contributed by atoms with Crippen LogP contribution >= 0.6 is 0 Å². The molecule has 26 heavy (non-hydrogen) atoms. The number of pyridine rings is 1. The second-order valence-electron chi connectivity index (χ2n) is 7.03. The maximum absolute atomic E-state index is 12.4. The van der Waals surface area contributed by atoms with Crippen molar-refractivity contribution in [3.63, 3.8) is 0 Å². The predicted molar refractivity (Wildman–Crippen MR) is 102 cm³/mol. The number of nitrogens with zero attached hydrogens (tertiary/aromatic N) is 3. The van der Waals surface area contributed by atoms with Gasteiger partial charge in [-0.2, -0.15) is 0 Å². The molecular weight excluding hydrogens is 326 g/mol. The molecule has 0 atom stereocenters. The van der Waals surface area contributed by atoms with E-state index >= 15 is 0 Å². The zero-order chi connectivity index (χ0) is 18.4. The Morgan fingerprint density at radius 3 is 2.54 bits per heavy atom. The fourth-order valence-corrected chi connectivity index (χ4v) is 3.10. The van der Waals surface area contributed by atoms with E-state index < -0.39 is 0 Å². The molecular formula is C21H27N3O2. The third kappa shape index (κ3) is 5.05. The smallest absolute Gasteiger partial charge is 0.260 e. The molecule has 3 rings (SSSR count). The van der Waals surface area contributed by atoms with Crippen LogP contribution in [-0.4, -0.2) is 53.5 Å². The van der Waals surface area contributed by atoms with E-state index in [1.165, 1.54) is 11.1 Å². The Kier molecular flexibility index (Phi) is 6.23. The average Bonchev–Trinajstić information content (AvgIpc) is 2.68. The van der Waals surface area contributed by atoms with E-state index in [-0.39, 0.29) is 12.5 Å². The number of amides is 1. The van der Waals surface area contributed by atoms with Crippen molar-refractivity contribution in [2.75, 3.05) is 32.8 Å². The lowest BCUT2D eigenvalue weighted by Gasteiger charge is -2.34. The topological polar surface area (TPSA) is 45.7 Å². The monoisotopic (exact) mass is 353 g/mol. The molecule has 0 unspecified atom stereocenters. The van der Waals surface area contributed by atoms with E-state index in [9.17, 15) is 4.79 Å². The van der Waals surface area contributed by atoms with Crippen molar-refractivity contribution in [1.29, 1.82) is 0 Å². The molecule has 138 valence electrons. The van der Waals surface area contributed by atoms with Crippen LogP contribution in [0.25, 0.3) is 0 Å². The first-order chi connectivity index (χ1) is 12.6. The Morgan fingerprint density at radius 2 is 1.85 bits per heavy atom. The lowest BCUT2D eigenvalue weighted by Crippen LogP contribution is -2.49. The Balaban J connectivity index is 1.44. The summed E-state index contributed by atoms with van der Waals surface area (Å²) in [4.78, 5) is 20.7. The summed E-state index contributed by atoms with van der Waals surface area (Å²) in [7, 11) is 0. The molecule has 1 saturated heterocycles. The van der Waals surface area contributed by atoms with Gasteiger partial charge in [-0.1, -0.05) is 26.0 Å². The van der Waals surface area contributed by atoms with Gasteiger partial charge in [0.15, 0.2) is 6.61 Å². The minimum absolute atomic E-state index is 0.0588. The molecule has 2 aromatic rings. The standard InChI is InChI=1S/C21H27N3O2/c1-17(2)19-4-3-5-20(14-19)26-16-21(25)24-12-10-23(11-13-24)15-18-6-8-22-9-7-18/h3-9,14,17H,10-13,15-16H2,1-2H3. The summed E-state index contributed by atoms with van der Waals surface area (Å²) in [6.07, 6.45) is 3.64. The van der Waals surface area contributed by atoms with Gasteiger partial charge in [0.25, 0.3) is 5.91 Å². The zero-order valence-electron chi connectivity index (χ0n) is 15.6. The number of ether oxygens (including phenoxy) is 1. The second kappa shape index (κ2) is 8.81. The number of carbonyl (C=O) groups excluding carboxylic acids is 1. The largest absolute Gasteiger partial charge is 0.484 e. The van der Waals surface area contributed by atoms with Crippen molar-refractivity contribution in [2.45, 2.75) is 26.3 Å². The summed E-state index contributed by atoms with van der Waals surface area (Å²) in [5, 5.41) is 0. The summed E-state index contributed by atoms with van der Waals surface area (Å²) in [5.41, 5.74) is 2.48. The van der Waals surface area contributed by atoms with E-state index in [2.05, 4.69) is 29.8 Å². The van der Waals surface area contributed by atoms with Crippen molar-refractivity contribution < 1.29 is 9.53 Å². The van der Waals surface area contributed by atoms with E-state index in [1.807, 2.05) is 47.6 Å². The van der Waals surface area contributed by atoms with Crippen LogP contribution in [-0.2, 0) is 11.3 Å². The van der Waals surface area contributed by atoms with Crippen LogP contribution in [0.4, 0.5) is 0 Å². The zero-order valence-corrected chi connectivity index (χ0v) is 15.6. The number of carbonyl (C=O) groups is 1. The maximum Gasteiger partial charge on any atom is 0.260 e. The Hall–Kier alpha value is -2.40. The first-order valence-electron chi connectivity index (χ1n) is 9.23. The van der Waals surface area contributed by atoms with Gasteiger partial charge in [-0.3, -0.25) is 14.7 Å². The number of hydrogen-bond donors (Lipinski definition) is 0. The van der Waals surface area contributed by atoms with Gasteiger partial charge in [0, 0.05) is 45.1 Å². The van der Waals surface area contributed by atoms with Crippen LogP contribution in [0, 0.1) is 0 Å². The highest BCUT2D eigenvalue weighted by molar-refractivity contribution is 5.77. The van der Waals surface area contributed by atoms with E-state index in [0.717, 1.165) is 38.5 Å². The molecule has 1 aromatic heterocycles. The van der Waals surface area contributed by atoms with Crippen molar-refractivity contribution in [1.82, 2.24) is 14.8 Å². The van der Waals surface area contributed by atoms with Crippen LogP contribution in [0.2, 0.25) is 0 Å². The molecule has 0 bridgehead atoms. The molecule has 1 aromatic carbocycles. The fraction of sp³-hybridized carbons (Fsp3) is 0.429. The van der Waals surface area contributed by atoms with Crippen molar-refractivity contribution in [2.24, 2.45) is 0 Å². The van der Waals surface area contributed by atoms with Crippen LogP contribution < -0.4 is 4.74 Å². The molecule has 1 amide bonds. The van der Waals surface area contributed by atoms with E-state index in [4.69, 9.17) is 4.74 Å². The Labute approximate surface area is 155 Å². The lowest BCUT2D eigenvalue weighted by molar-refractivity contribution is -0.135. The highest BCUT2D eigenvalue weighted by Crippen LogP contribution is 2.20.